The lowest BCUT2D eigenvalue weighted by Crippen LogP contribution is -2.11. The maximum atomic E-state index is 5.26. The Labute approximate surface area is 151 Å². The summed E-state index contributed by atoms with van der Waals surface area (Å²) in [6.07, 6.45) is 0. The topological polar surface area (TPSA) is 21.3 Å². The SMILES string of the molecule is COc1ccc(NC(c2cccs2)c2cccc3ccccc23)cc1. The normalized spacial score (nSPS) is 12.0. The molecule has 124 valence electrons. The summed E-state index contributed by atoms with van der Waals surface area (Å²) in [4.78, 5) is 1.30. The highest BCUT2D eigenvalue weighted by Gasteiger charge is 2.17. The van der Waals surface area contributed by atoms with Crippen LogP contribution in [0.2, 0.25) is 0 Å². The number of hydrogen-bond donors (Lipinski definition) is 1. The van der Waals surface area contributed by atoms with Crippen molar-refractivity contribution in [3.63, 3.8) is 0 Å². The van der Waals surface area contributed by atoms with Crippen LogP contribution in [-0.2, 0) is 0 Å². The van der Waals surface area contributed by atoms with Crippen molar-refractivity contribution in [3.05, 3.63) is 94.7 Å². The molecule has 0 radical (unpaired) electrons. The third kappa shape index (κ3) is 3.24. The van der Waals surface area contributed by atoms with Crippen molar-refractivity contribution < 1.29 is 4.74 Å². The molecular weight excluding hydrogens is 326 g/mol. The fourth-order valence-electron chi connectivity index (χ4n) is 3.11. The number of anilines is 1. The first kappa shape index (κ1) is 15.7. The minimum Gasteiger partial charge on any atom is -0.497 e. The van der Waals surface area contributed by atoms with Gasteiger partial charge < -0.3 is 10.1 Å². The van der Waals surface area contributed by atoms with E-state index < -0.39 is 0 Å². The summed E-state index contributed by atoms with van der Waals surface area (Å²) in [6.45, 7) is 0. The minimum absolute atomic E-state index is 0.111. The summed E-state index contributed by atoms with van der Waals surface area (Å²) < 4.78 is 5.26. The monoisotopic (exact) mass is 345 g/mol. The van der Waals surface area contributed by atoms with Gasteiger partial charge in [0.1, 0.15) is 5.75 Å². The maximum Gasteiger partial charge on any atom is 0.119 e. The van der Waals surface area contributed by atoms with Gasteiger partial charge in [-0.1, -0.05) is 48.5 Å². The Hall–Kier alpha value is -2.78. The van der Waals surface area contributed by atoms with Gasteiger partial charge in [-0.15, -0.1) is 11.3 Å². The van der Waals surface area contributed by atoms with Crippen molar-refractivity contribution >= 4 is 27.8 Å². The van der Waals surface area contributed by atoms with Crippen molar-refractivity contribution in [2.24, 2.45) is 0 Å². The molecule has 0 fully saturated rings. The predicted octanol–water partition coefficient (Wildman–Crippen LogP) is 6.11. The average molecular weight is 345 g/mol. The summed E-state index contributed by atoms with van der Waals surface area (Å²) in [6, 6.07) is 27.5. The van der Waals surface area contributed by atoms with Crippen LogP contribution in [0.1, 0.15) is 16.5 Å². The Morgan fingerprint density at radius 3 is 2.40 bits per heavy atom. The van der Waals surface area contributed by atoms with E-state index in [1.165, 1.54) is 21.2 Å². The highest BCUT2D eigenvalue weighted by molar-refractivity contribution is 7.10. The maximum absolute atomic E-state index is 5.26. The molecule has 0 aliphatic heterocycles. The van der Waals surface area contributed by atoms with Gasteiger partial charge in [0.15, 0.2) is 0 Å². The van der Waals surface area contributed by atoms with Gasteiger partial charge in [0.05, 0.1) is 13.2 Å². The number of benzene rings is 3. The van der Waals surface area contributed by atoms with E-state index >= 15 is 0 Å². The smallest absolute Gasteiger partial charge is 0.119 e. The molecular formula is C22H19NOS. The Morgan fingerprint density at radius 2 is 1.64 bits per heavy atom. The lowest BCUT2D eigenvalue weighted by atomic mass is 9.97. The number of methoxy groups -OCH3 is 1. The summed E-state index contributed by atoms with van der Waals surface area (Å²) >= 11 is 1.77. The largest absolute Gasteiger partial charge is 0.497 e. The summed E-state index contributed by atoms with van der Waals surface area (Å²) in [5.41, 5.74) is 2.36. The molecule has 0 saturated carbocycles. The molecule has 3 aromatic carbocycles. The number of fused-ring (bicyclic) bond motifs is 1. The Morgan fingerprint density at radius 1 is 0.840 bits per heavy atom. The van der Waals surface area contributed by atoms with Crippen molar-refractivity contribution in [1.82, 2.24) is 0 Å². The van der Waals surface area contributed by atoms with Gasteiger partial charge in [0, 0.05) is 10.6 Å². The molecule has 0 spiro atoms. The Balaban J connectivity index is 1.78. The molecule has 0 saturated heterocycles. The average Bonchev–Trinajstić information content (AvgIpc) is 3.21. The van der Waals surface area contributed by atoms with E-state index in [0.29, 0.717) is 0 Å². The van der Waals surface area contributed by atoms with Crippen LogP contribution in [-0.4, -0.2) is 7.11 Å². The number of ether oxygens (including phenoxy) is 1. The van der Waals surface area contributed by atoms with Crippen molar-refractivity contribution in [1.29, 1.82) is 0 Å². The lowest BCUT2D eigenvalue weighted by molar-refractivity contribution is 0.415. The molecule has 1 N–H and O–H groups in total. The van der Waals surface area contributed by atoms with Crippen molar-refractivity contribution in [3.8, 4) is 5.75 Å². The minimum atomic E-state index is 0.111. The lowest BCUT2D eigenvalue weighted by Gasteiger charge is -2.21. The third-order valence-electron chi connectivity index (χ3n) is 4.36. The molecule has 4 rings (SSSR count). The van der Waals surface area contributed by atoms with E-state index in [9.17, 15) is 0 Å². The second-order valence-electron chi connectivity index (χ2n) is 5.89. The third-order valence-corrected chi connectivity index (χ3v) is 5.30. The van der Waals surface area contributed by atoms with Gasteiger partial charge in [0.2, 0.25) is 0 Å². The van der Waals surface area contributed by atoms with Crippen LogP contribution in [0, 0.1) is 0 Å². The summed E-state index contributed by atoms with van der Waals surface area (Å²) in [7, 11) is 1.69. The van der Waals surface area contributed by atoms with E-state index in [1.54, 1.807) is 18.4 Å². The second-order valence-corrected chi connectivity index (χ2v) is 6.87. The predicted molar refractivity (Wildman–Crippen MR) is 107 cm³/mol. The molecule has 4 aromatic rings. The highest BCUT2D eigenvalue weighted by atomic mass is 32.1. The van der Waals surface area contributed by atoms with Crippen LogP contribution in [0.5, 0.6) is 5.75 Å². The highest BCUT2D eigenvalue weighted by Crippen LogP contribution is 2.34. The summed E-state index contributed by atoms with van der Waals surface area (Å²) in [5, 5.41) is 8.37. The van der Waals surface area contributed by atoms with Crippen molar-refractivity contribution in [2.45, 2.75) is 6.04 Å². The van der Waals surface area contributed by atoms with E-state index in [4.69, 9.17) is 4.74 Å². The fourth-order valence-corrected chi connectivity index (χ4v) is 3.91. The molecule has 3 heteroatoms. The van der Waals surface area contributed by atoms with Crippen LogP contribution in [0.15, 0.2) is 84.2 Å². The molecule has 25 heavy (non-hydrogen) atoms. The zero-order chi connectivity index (χ0) is 17.1. The van der Waals surface area contributed by atoms with Crippen LogP contribution in [0.3, 0.4) is 0 Å². The van der Waals surface area contributed by atoms with E-state index in [0.717, 1.165) is 11.4 Å². The van der Waals surface area contributed by atoms with Crippen LogP contribution < -0.4 is 10.1 Å². The molecule has 1 heterocycles. The zero-order valence-electron chi connectivity index (χ0n) is 14.0. The molecule has 0 amide bonds. The van der Waals surface area contributed by atoms with E-state index in [2.05, 4.69) is 77.4 Å². The van der Waals surface area contributed by atoms with Crippen LogP contribution in [0.4, 0.5) is 5.69 Å². The van der Waals surface area contributed by atoms with Gasteiger partial charge in [-0.25, -0.2) is 0 Å². The first-order chi connectivity index (χ1) is 12.3. The fraction of sp³-hybridized carbons (Fsp3) is 0.0909. The number of hydrogen-bond acceptors (Lipinski definition) is 3. The summed E-state index contributed by atoms with van der Waals surface area (Å²) in [5.74, 6) is 0.864. The van der Waals surface area contributed by atoms with Crippen molar-refractivity contribution in [2.75, 3.05) is 12.4 Å². The first-order valence-corrected chi connectivity index (χ1v) is 9.15. The van der Waals surface area contributed by atoms with Crippen LogP contribution >= 0.6 is 11.3 Å². The van der Waals surface area contributed by atoms with E-state index in [-0.39, 0.29) is 6.04 Å². The van der Waals surface area contributed by atoms with Crippen LogP contribution in [0.25, 0.3) is 10.8 Å². The molecule has 0 aliphatic rings. The second kappa shape index (κ2) is 6.99. The van der Waals surface area contributed by atoms with Gasteiger partial charge >= 0.3 is 0 Å². The van der Waals surface area contributed by atoms with E-state index in [1.807, 2.05) is 12.1 Å². The molecule has 1 aromatic heterocycles. The number of thiophene rings is 1. The molecule has 2 nitrogen and oxygen atoms in total. The first-order valence-electron chi connectivity index (χ1n) is 8.27. The van der Waals surface area contributed by atoms with Gasteiger partial charge in [0.25, 0.3) is 0 Å². The number of rotatable bonds is 5. The molecule has 1 unspecified atom stereocenters. The quantitative estimate of drug-likeness (QED) is 0.471. The zero-order valence-corrected chi connectivity index (χ0v) is 14.8. The Bertz CT molecular complexity index is 956. The molecule has 1 atom stereocenters. The molecule has 0 aliphatic carbocycles. The van der Waals surface area contributed by atoms with Gasteiger partial charge in [-0.2, -0.15) is 0 Å². The standard InChI is InChI=1S/C22H19NOS/c1-24-18-13-11-17(12-14-18)23-22(21-10-5-15-25-21)20-9-4-7-16-6-2-3-8-19(16)20/h2-15,22-23H,1H3. The number of nitrogens with one attached hydrogen (secondary N) is 1. The van der Waals surface area contributed by atoms with Gasteiger partial charge in [-0.05, 0) is 52.0 Å². The van der Waals surface area contributed by atoms with Gasteiger partial charge in [-0.3, -0.25) is 0 Å². The molecule has 0 bridgehead atoms. The Kier molecular flexibility index (Phi) is 4.40.